The molecule has 0 amide bonds. The minimum Gasteiger partial charge on any atom is -0.490 e. The van der Waals surface area contributed by atoms with Gasteiger partial charge in [0.25, 0.3) is 0 Å². The normalized spacial score (nSPS) is 15.8. The quantitative estimate of drug-likeness (QED) is 0.760. The van der Waals surface area contributed by atoms with E-state index in [-0.39, 0.29) is 0 Å². The smallest absolute Gasteiger partial charge is 0.119 e. The van der Waals surface area contributed by atoms with Crippen LogP contribution in [-0.2, 0) is 6.42 Å². The fourth-order valence-corrected chi connectivity index (χ4v) is 1.28. The van der Waals surface area contributed by atoms with E-state index in [0.717, 1.165) is 12.2 Å². The molecule has 0 spiro atoms. The lowest BCUT2D eigenvalue weighted by Gasteiger charge is -2.04. The Kier molecular flexibility index (Phi) is 2.50. The van der Waals surface area contributed by atoms with Gasteiger partial charge in [-0.05, 0) is 43.5 Å². The van der Waals surface area contributed by atoms with Crippen LogP contribution in [-0.4, -0.2) is 12.6 Å². The summed E-state index contributed by atoms with van der Waals surface area (Å²) in [6.45, 7) is 0.711. The molecule has 1 saturated carbocycles. The van der Waals surface area contributed by atoms with Gasteiger partial charge in [-0.3, -0.25) is 0 Å². The van der Waals surface area contributed by atoms with Crippen molar-refractivity contribution < 1.29 is 4.74 Å². The number of hydrogen-bond acceptors (Lipinski definition) is 2. The minimum absolute atomic E-state index is 0.486. The van der Waals surface area contributed by atoms with E-state index in [4.69, 9.17) is 10.5 Å². The zero-order valence-electron chi connectivity index (χ0n) is 7.70. The van der Waals surface area contributed by atoms with Crippen LogP contribution < -0.4 is 10.5 Å². The molecule has 1 aliphatic rings. The Morgan fingerprint density at radius 2 is 1.92 bits per heavy atom. The van der Waals surface area contributed by atoms with Gasteiger partial charge in [0.2, 0.25) is 0 Å². The third kappa shape index (κ3) is 2.46. The van der Waals surface area contributed by atoms with Crippen LogP contribution in [0.4, 0.5) is 0 Å². The third-order valence-corrected chi connectivity index (χ3v) is 2.18. The highest BCUT2D eigenvalue weighted by molar-refractivity contribution is 5.27. The van der Waals surface area contributed by atoms with Crippen molar-refractivity contribution in [3.63, 3.8) is 0 Å². The first-order valence-electron chi connectivity index (χ1n) is 4.84. The van der Waals surface area contributed by atoms with Crippen LogP contribution in [0.2, 0.25) is 0 Å². The Bertz CT molecular complexity index is 264. The van der Waals surface area contributed by atoms with E-state index in [1.54, 1.807) is 0 Å². The summed E-state index contributed by atoms with van der Waals surface area (Å²) >= 11 is 0. The van der Waals surface area contributed by atoms with Crippen molar-refractivity contribution in [1.29, 1.82) is 0 Å². The molecule has 2 nitrogen and oxygen atoms in total. The summed E-state index contributed by atoms with van der Waals surface area (Å²) in [5.41, 5.74) is 6.74. The molecule has 1 aromatic rings. The molecular weight excluding hydrogens is 162 g/mol. The Balaban J connectivity index is 1.95. The van der Waals surface area contributed by atoms with Crippen molar-refractivity contribution in [3.05, 3.63) is 29.8 Å². The van der Waals surface area contributed by atoms with Gasteiger partial charge in [-0.2, -0.15) is 0 Å². The van der Waals surface area contributed by atoms with Crippen LogP contribution in [0.25, 0.3) is 0 Å². The molecule has 70 valence electrons. The fraction of sp³-hybridized carbons (Fsp3) is 0.455. The Morgan fingerprint density at radius 1 is 1.23 bits per heavy atom. The van der Waals surface area contributed by atoms with Gasteiger partial charge < -0.3 is 10.5 Å². The standard InChI is InChI=1S/C11H15NO/c12-8-7-9-1-3-10(4-2-9)13-11-5-6-11/h1-4,11H,5-8,12H2. The summed E-state index contributed by atoms with van der Waals surface area (Å²) in [6, 6.07) is 8.24. The largest absolute Gasteiger partial charge is 0.490 e. The fourth-order valence-electron chi connectivity index (χ4n) is 1.28. The zero-order chi connectivity index (χ0) is 9.10. The molecule has 0 atom stereocenters. The van der Waals surface area contributed by atoms with E-state index in [2.05, 4.69) is 12.1 Å². The number of ether oxygens (including phenoxy) is 1. The predicted molar refractivity (Wildman–Crippen MR) is 52.9 cm³/mol. The van der Waals surface area contributed by atoms with E-state index >= 15 is 0 Å². The molecule has 2 N–H and O–H groups in total. The molecule has 2 rings (SSSR count). The maximum Gasteiger partial charge on any atom is 0.119 e. The summed E-state index contributed by atoms with van der Waals surface area (Å²) < 4.78 is 5.63. The van der Waals surface area contributed by atoms with Crippen molar-refractivity contribution in [3.8, 4) is 5.75 Å². The third-order valence-electron chi connectivity index (χ3n) is 2.18. The van der Waals surface area contributed by atoms with E-state index in [1.807, 2.05) is 12.1 Å². The van der Waals surface area contributed by atoms with Gasteiger partial charge in [0, 0.05) is 0 Å². The Morgan fingerprint density at radius 3 is 2.46 bits per heavy atom. The number of hydrogen-bond donors (Lipinski definition) is 1. The van der Waals surface area contributed by atoms with Crippen LogP contribution >= 0.6 is 0 Å². The van der Waals surface area contributed by atoms with Gasteiger partial charge in [0.05, 0.1) is 6.10 Å². The van der Waals surface area contributed by atoms with Crippen LogP contribution in [0, 0.1) is 0 Å². The van der Waals surface area contributed by atoms with E-state index < -0.39 is 0 Å². The minimum atomic E-state index is 0.486. The van der Waals surface area contributed by atoms with Crippen molar-refractivity contribution >= 4 is 0 Å². The lowest BCUT2D eigenvalue weighted by molar-refractivity contribution is 0.303. The topological polar surface area (TPSA) is 35.2 Å². The van der Waals surface area contributed by atoms with Gasteiger partial charge >= 0.3 is 0 Å². The molecule has 1 fully saturated rings. The summed E-state index contributed by atoms with van der Waals surface area (Å²) in [5, 5.41) is 0. The lowest BCUT2D eigenvalue weighted by atomic mass is 10.1. The molecule has 1 aliphatic carbocycles. The molecule has 0 radical (unpaired) electrons. The highest BCUT2D eigenvalue weighted by Gasteiger charge is 2.23. The second kappa shape index (κ2) is 3.79. The molecule has 0 aliphatic heterocycles. The average molecular weight is 177 g/mol. The maximum absolute atomic E-state index is 5.63. The first-order chi connectivity index (χ1) is 6.38. The van der Waals surface area contributed by atoms with Crippen molar-refractivity contribution in [2.24, 2.45) is 5.73 Å². The second-order valence-corrected chi connectivity index (χ2v) is 3.50. The van der Waals surface area contributed by atoms with Crippen LogP contribution in [0.1, 0.15) is 18.4 Å². The maximum atomic E-state index is 5.63. The molecule has 13 heavy (non-hydrogen) atoms. The van der Waals surface area contributed by atoms with E-state index in [0.29, 0.717) is 12.6 Å². The molecular formula is C11H15NO. The SMILES string of the molecule is NCCc1ccc(OC2CC2)cc1. The van der Waals surface area contributed by atoms with Gasteiger partial charge in [-0.15, -0.1) is 0 Å². The first-order valence-corrected chi connectivity index (χ1v) is 4.84. The number of benzene rings is 1. The molecule has 0 saturated heterocycles. The van der Waals surface area contributed by atoms with E-state index in [9.17, 15) is 0 Å². The first kappa shape index (κ1) is 8.57. The lowest BCUT2D eigenvalue weighted by Crippen LogP contribution is -2.02. The van der Waals surface area contributed by atoms with Crippen LogP contribution in [0.15, 0.2) is 24.3 Å². The van der Waals surface area contributed by atoms with Crippen molar-refractivity contribution in [2.45, 2.75) is 25.4 Å². The van der Waals surface area contributed by atoms with Gasteiger partial charge in [0.1, 0.15) is 5.75 Å². The average Bonchev–Trinajstić information content (AvgIpc) is 2.93. The molecule has 1 aromatic carbocycles. The molecule has 2 heteroatoms. The van der Waals surface area contributed by atoms with Crippen LogP contribution in [0.5, 0.6) is 5.75 Å². The Labute approximate surface area is 78.7 Å². The zero-order valence-corrected chi connectivity index (χ0v) is 7.70. The van der Waals surface area contributed by atoms with Crippen LogP contribution in [0.3, 0.4) is 0 Å². The number of rotatable bonds is 4. The molecule has 0 aromatic heterocycles. The van der Waals surface area contributed by atoms with Gasteiger partial charge in [-0.1, -0.05) is 12.1 Å². The molecule has 0 unspecified atom stereocenters. The predicted octanol–water partition coefficient (Wildman–Crippen LogP) is 1.73. The van der Waals surface area contributed by atoms with Crippen molar-refractivity contribution in [1.82, 2.24) is 0 Å². The summed E-state index contributed by atoms with van der Waals surface area (Å²) in [6.07, 6.45) is 3.86. The van der Waals surface area contributed by atoms with Crippen molar-refractivity contribution in [2.75, 3.05) is 6.54 Å². The Hall–Kier alpha value is -1.02. The van der Waals surface area contributed by atoms with E-state index in [1.165, 1.54) is 18.4 Å². The molecule has 0 heterocycles. The number of nitrogens with two attached hydrogens (primary N) is 1. The summed E-state index contributed by atoms with van der Waals surface area (Å²) in [7, 11) is 0. The van der Waals surface area contributed by atoms with Gasteiger partial charge in [-0.25, -0.2) is 0 Å². The second-order valence-electron chi connectivity index (χ2n) is 3.50. The summed E-state index contributed by atoms with van der Waals surface area (Å²) in [4.78, 5) is 0. The monoisotopic (exact) mass is 177 g/mol. The molecule has 0 bridgehead atoms. The summed E-state index contributed by atoms with van der Waals surface area (Å²) in [5.74, 6) is 0.989. The highest BCUT2D eigenvalue weighted by atomic mass is 16.5. The van der Waals surface area contributed by atoms with Gasteiger partial charge in [0.15, 0.2) is 0 Å². The highest BCUT2D eigenvalue weighted by Crippen LogP contribution is 2.26.